The molecule has 0 radical (unpaired) electrons. The lowest BCUT2D eigenvalue weighted by molar-refractivity contribution is 0.0594. The second kappa shape index (κ2) is 4.71. The SMILES string of the molecule is COC(=O)c1ccc2c(OC)ccc(Br)c2n1. The number of ether oxygens (including phenoxy) is 2. The summed E-state index contributed by atoms with van der Waals surface area (Å²) in [6.45, 7) is 0. The van der Waals surface area contributed by atoms with Crippen LogP contribution >= 0.6 is 15.9 Å². The fourth-order valence-corrected chi connectivity index (χ4v) is 1.99. The molecule has 5 heteroatoms. The van der Waals surface area contributed by atoms with Crippen molar-refractivity contribution in [2.24, 2.45) is 0 Å². The highest BCUT2D eigenvalue weighted by Crippen LogP contribution is 2.30. The molecular weight excluding hydrogens is 286 g/mol. The molecule has 0 bridgehead atoms. The van der Waals surface area contributed by atoms with Crippen molar-refractivity contribution in [3.63, 3.8) is 0 Å². The minimum Gasteiger partial charge on any atom is -0.496 e. The number of carbonyl (C=O) groups is 1. The topological polar surface area (TPSA) is 48.4 Å². The van der Waals surface area contributed by atoms with E-state index in [4.69, 9.17) is 4.74 Å². The van der Waals surface area contributed by atoms with Crippen LogP contribution in [0.15, 0.2) is 28.7 Å². The average molecular weight is 296 g/mol. The summed E-state index contributed by atoms with van der Waals surface area (Å²) in [6.07, 6.45) is 0. The highest BCUT2D eigenvalue weighted by molar-refractivity contribution is 9.10. The summed E-state index contributed by atoms with van der Waals surface area (Å²) < 4.78 is 10.7. The minimum atomic E-state index is -0.457. The third kappa shape index (κ3) is 2.10. The molecule has 1 aromatic heterocycles. The van der Waals surface area contributed by atoms with Crippen molar-refractivity contribution < 1.29 is 14.3 Å². The number of hydrogen-bond acceptors (Lipinski definition) is 4. The number of hydrogen-bond donors (Lipinski definition) is 0. The van der Waals surface area contributed by atoms with Crippen LogP contribution in [0.5, 0.6) is 5.75 Å². The monoisotopic (exact) mass is 295 g/mol. The van der Waals surface area contributed by atoms with Crippen molar-refractivity contribution >= 4 is 32.8 Å². The Balaban J connectivity index is 2.69. The van der Waals surface area contributed by atoms with Crippen LogP contribution in [-0.2, 0) is 4.74 Å². The second-order valence-corrected chi connectivity index (χ2v) is 4.19. The molecule has 0 aliphatic carbocycles. The van der Waals surface area contributed by atoms with Gasteiger partial charge in [0.25, 0.3) is 0 Å². The molecule has 0 amide bonds. The molecule has 0 saturated carbocycles. The van der Waals surface area contributed by atoms with Crippen molar-refractivity contribution in [1.82, 2.24) is 4.98 Å². The number of esters is 1. The molecule has 0 saturated heterocycles. The van der Waals surface area contributed by atoms with Crippen LogP contribution in [0.2, 0.25) is 0 Å². The zero-order chi connectivity index (χ0) is 12.4. The number of nitrogens with zero attached hydrogens (tertiary/aromatic N) is 1. The number of fused-ring (bicyclic) bond motifs is 1. The average Bonchev–Trinajstić information content (AvgIpc) is 2.38. The number of aromatic nitrogens is 1. The van der Waals surface area contributed by atoms with Gasteiger partial charge in [0.15, 0.2) is 0 Å². The first-order valence-corrected chi connectivity index (χ1v) is 5.68. The lowest BCUT2D eigenvalue weighted by Gasteiger charge is -2.07. The van der Waals surface area contributed by atoms with E-state index in [1.807, 2.05) is 12.1 Å². The maximum atomic E-state index is 11.4. The lowest BCUT2D eigenvalue weighted by atomic mass is 10.2. The molecule has 1 aromatic carbocycles. The van der Waals surface area contributed by atoms with E-state index >= 15 is 0 Å². The molecule has 0 aliphatic rings. The quantitative estimate of drug-likeness (QED) is 0.800. The third-order valence-corrected chi connectivity index (χ3v) is 3.02. The fraction of sp³-hybridized carbons (Fsp3) is 0.167. The molecule has 0 fully saturated rings. The van der Waals surface area contributed by atoms with Gasteiger partial charge >= 0.3 is 5.97 Å². The van der Waals surface area contributed by atoms with Crippen molar-refractivity contribution in [2.45, 2.75) is 0 Å². The summed E-state index contributed by atoms with van der Waals surface area (Å²) in [5.41, 5.74) is 0.946. The van der Waals surface area contributed by atoms with Crippen LogP contribution in [0.25, 0.3) is 10.9 Å². The zero-order valence-electron chi connectivity index (χ0n) is 9.36. The predicted molar refractivity (Wildman–Crippen MR) is 67.3 cm³/mol. The zero-order valence-corrected chi connectivity index (χ0v) is 10.9. The number of methoxy groups -OCH3 is 2. The summed E-state index contributed by atoms with van der Waals surface area (Å²) in [7, 11) is 2.92. The molecule has 2 aromatic rings. The largest absolute Gasteiger partial charge is 0.496 e. The van der Waals surface area contributed by atoms with Gasteiger partial charge in [-0.15, -0.1) is 0 Å². The number of pyridine rings is 1. The molecule has 0 unspecified atom stereocenters. The van der Waals surface area contributed by atoms with Crippen LogP contribution in [0.4, 0.5) is 0 Å². The Hall–Kier alpha value is -1.62. The van der Waals surface area contributed by atoms with Crippen LogP contribution in [0.3, 0.4) is 0 Å². The minimum absolute atomic E-state index is 0.272. The van der Waals surface area contributed by atoms with E-state index in [1.54, 1.807) is 19.2 Å². The van der Waals surface area contributed by atoms with Gasteiger partial charge in [0, 0.05) is 9.86 Å². The Morgan fingerprint density at radius 3 is 2.65 bits per heavy atom. The van der Waals surface area contributed by atoms with Crippen LogP contribution in [-0.4, -0.2) is 25.2 Å². The van der Waals surface area contributed by atoms with Gasteiger partial charge in [-0.25, -0.2) is 9.78 Å². The fourth-order valence-electron chi connectivity index (χ4n) is 1.55. The Bertz CT molecular complexity index is 583. The van der Waals surface area contributed by atoms with E-state index < -0.39 is 5.97 Å². The molecule has 88 valence electrons. The molecule has 1 heterocycles. The summed E-state index contributed by atoms with van der Waals surface area (Å²) in [5, 5.41) is 0.842. The third-order valence-electron chi connectivity index (χ3n) is 2.38. The van der Waals surface area contributed by atoms with Crippen LogP contribution in [0.1, 0.15) is 10.5 Å². The number of halogens is 1. The van der Waals surface area contributed by atoms with Crippen molar-refractivity contribution in [3.05, 3.63) is 34.4 Å². The summed E-state index contributed by atoms with van der Waals surface area (Å²) >= 11 is 3.40. The van der Waals surface area contributed by atoms with Gasteiger partial charge in [0.1, 0.15) is 11.4 Å². The Kier molecular flexibility index (Phi) is 3.28. The molecular formula is C12H10BrNO3. The summed E-state index contributed by atoms with van der Waals surface area (Å²) in [6, 6.07) is 7.07. The number of benzene rings is 1. The molecule has 0 spiro atoms. The highest BCUT2D eigenvalue weighted by atomic mass is 79.9. The number of rotatable bonds is 2. The van der Waals surface area contributed by atoms with Gasteiger partial charge in [-0.1, -0.05) is 0 Å². The van der Waals surface area contributed by atoms with E-state index in [2.05, 4.69) is 25.7 Å². The molecule has 0 atom stereocenters. The molecule has 0 N–H and O–H groups in total. The molecule has 0 aliphatic heterocycles. The van der Waals surface area contributed by atoms with Gasteiger partial charge in [0.05, 0.1) is 19.7 Å². The van der Waals surface area contributed by atoms with Crippen LogP contribution in [0, 0.1) is 0 Å². The normalized spacial score (nSPS) is 10.3. The summed E-state index contributed by atoms with van der Waals surface area (Å²) in [4.78, 5) is 15.6. The van der Waals surface area contributed by atoms with Crippen molar-refractivity contribution in [2.75, 3.05) is 14.2 Å². The second-order valence-electron chi connectivity index (χ2n) is 3.33. The lowest BCUT2D eigenvalue weighted by Crippen LogP contribution is -2.04. The smallest absolute Gasteiger partial charge is 0.356 e. The van der Waals surface area contributed by atoms with Crippen LogP contribution < -0.4 is 4.74 Å². The highest BCUT2D eigenvalue weighted by Gasteiger charge is 2.11. The van der Waals surface area contributed by atoms with Gasteiger partial charge in [-0.05, 0) is 40.2 Å². The Labute approximate surface area is 107 Å². The van der Waals surface area contributed by atoms with E-state index in [0.29, 0.717) is 11.3 Å². The number of carbonyl (C=O) groups excluding carboxylic acids is 1. The van der Waals surface area contributed by atoms with Gasteiger partial charge < -0.3 is 9.47 Å². The van der Waals surface area contributed by atoms with Gasteiger partial charge in [-0.2, -0.15) is 0 Å². The maximum absolute atomic E-state index is 11.4. The van der Waals surface area contributed by atoms with E-state index in [1.165, 1.54) is 7.11 Å². The van der Waals surface area contributed by atoms with Gasteiger partial charge in [0.2, 0.25) is 0 Å². The van der Waals surface area contributed by atoms with Crippen molar-refractivity contribution in [1.29, 1.82) is 0 Å². The van der Waals surface area contributed by atoms with E-state index in [9.17, 15) is 4.79 Å². The molecule has 2 rings (SSSR count). The van der Waals surface area contributed by atoms with Gasteiger partial charge in [-0.3, -0.25) is 0 Å². The van der Waals surface area contributed by atoms with E-state index in [0.717, 1.165) is 9.86 Å². The summed E-state index contributed by atoms with van der Waals surface area (Å²) in [5.74, 6) is 0.258. The molecule has 17 heavy (non-hydrogen) atoms. The Morgan fingerprint density at radius 2 is 2.00 bits per heavy atom. The van der Waals surface area contributed by atoms with Crippen molar-refractivity contribution in [3.8, 4) is 5.75 Å². The maximum Gasteiger partial charge on any atom is 0.356 e. The first-order valence-electron chi connectivity index (χ1n) is 4.89. The first kappa shape index (κ1) is 11.9. The van der Waals surface area contributed by atoms with E-state index in [-0.39, 0.29) is 5.69 Å². The Morgan fingerprint density at radius 1 is 1.24 bits per heavy atom. The molecule has 4 nitrogen and oxygen atoms in total. The first-order chi connectivity index (χ1) is 8.17. The predicted octanol–water partition coefficient (Wildman–Crippen LogP) is 2.79. The standard InChI is InChI=1S/C12H10BrNO3/c1-16-10-6-4-8(13)11-7(10)3-5-9(14-11)12(15)17-2/h3-6H,1-2H3.